The van der Waals surface area contributed by atoms with E-state index in [1.165, 1.54) is 17.9 Å². The molecule has 1 aliphatic heterocycles. The highest BCUT2D eigenvalue weighted by molar-refractivity contribution is 6.09. The first kappa shape index (κ1) is 31.4. The van der Waals surface area contributed by atoms with Crippen LogP contribution >= 0.6 is 0 Å². The molecular formula is C36H34FN5O5. The fourth-order valence-electron chi connectivity index (χ4n) is 5.69. The van der Waals surface area contributed by atoms with E-state index in [2.05, 4.69) is 15.3 Å². The van der Waals surface area contributed by atoms with Gasteiger partial charge in [-0.25, -0.2) is 14.4 Å². The fraction of sp³-hybridized carbons (Fsp3) is 0.250. The number of fused-ring (bicyclic) bond motifs is 2. The van der Waals surface area contributed by atoms with Gasteiger partial charge in [-0.1, -0.05) is 38.1 Å². The molecule has 0 spiro atoms. The molecule has 3 heterocycles. The van der Waals surface area contributed by atoms with E-state index >= 15 is 4.39 Å². The number of ether oxygens (including phenoxy) is 2. The van der Waals surface area contributed by atoms with Crippen molar-refractivity contribution in [1.29, 1.82) is 0 Å². The van der Waals surface area contributed by atoms with Gasteiger partial charge in [0.15, 0.2) is 5.65 Å². The number of hydrogen-bond donors (Lipinski definition) is 2. The summed E-state index contributed by atoms with van der Waals surface area (Å²) in [5.41, 5.74) is 5.36. The van der Waals surface area contributed by atoms with Gasteiger partial charge in [-0.05, 0) is 60.4 Å². The van der Waals surface area contributed by atoms with Crippen LogP contribution in [-0.2, 0) is 16.1 Å². The minimum atomic E-state index is -0.652. The number of imidazole rings is 1. The summed E-state index contributed by atoms with van der Waals surface area (Å²) in [6, 6.07) is 17.4. The van der Waals surface area contributed by atoms with Crippen LogP contribution in [0.15, 0.2) is 66.9 Å². The number of aromatic amines is 1. The Labute approximate surface area is 270 Å². The Hall–Kier alpha value is -5.58. The maximum atomic E-state index is 15.5. The summed E-state index contributed by atoms with van der Waals surface area (Å²) < 4.78 is 26.9. The summed E-state index contributed by atoms with van der Waals surface area (Å²) in [4.78, 5) is 52.3. The summed E-state index contributed by atoms with van der Waals surface area (Å²) in [6.45, 7) is 7.74. The van der Waals surface area contributed by atoms with Crippen LogP contribution in [0.4, 0.5) is 10.1 Å². The zero-order chi connectivity index (χ0) is 33.2. The van der Waals surface area contributed by atoms with Crippen molar-refractivity contribution in [2.24, 2.45) is 0 Å². The predicted octanol–water partition coefficient (Wildman–Crippen LogP) is 6.41. The number of nitrogens with one attached hydrogen (secondary N) is 2. The van der Waals surface area contributed by atoms with Gasteiger partial charge in [-0.2, -0.15) is 0 Å². The Morgan fingerprint density at radius 1 is 1.11 bits per heavy atom. The van der Waals surface area contributed by atoms with E-state index in [0.29, 0.717) is 51.5 Å². The third kappa shape index (κ3) is 6.16. The number of carbonyl (C=O) groups excluding carboxylic acids is 3. The van der Waals surface area contributed by atoms with Crippen molar-refractivity contribution < 1.29 is 28.2 Å². The second kappa shape index (κ2) is 13.0. The molecule has 3 aromatic carbocycles. The first-order valence-electron chi connectivity index (χ1n) is 15.4. The van der Waals surface area contributed by atoms with Crippen LogP contribution in [0.5, 0.6) is 5.75 Å². The van der Waals surface area contributed by atoms with Gasteiger partial charge in [0.25, 0.3) is 11.8 Å². The Morgan fingerprint density at radius 3 is 2.62 bits per heavy atom. The molecule has 2 aromatic heterocycles. The highest BCUT2D eigenvalue weighted by atomic mass is 19.1. The molecule has 240 valence electrons. The molecule has 0 saturated carbocycles. The number of pyridine rings is 1. The van der Waals surface area contributed by atoms with Gasteiger partial charge in [-0.15, -0.1) is 0 Å². The van der Waals surface area contributed by atoms with Crippen molar-refractivity contribution in [2.75, 3.05) is 24.6 Å². The monoisotopic (exact) mass is 635 g/mol. The van der Waals surface area contributed by atoms with Gasteiger partial charge in [0, 0.05) is 41.9 Å². The van der Waals surface area contributed by atoms with Crippen LogP contribution in [-0.4, -0.2) is 52.4 Å². The van der Waals surface area contributed by atoms with Gasteiger partial charge >= 0.3 is 5.97 Å². The molecule has 0 atom stereocenters. The number of rotatable bonds is 8. The molecule has 11 heteroatoms. The van der Waals surface area contributed by atoms with Crippen LogP contribution in [0.2, 0.25) is 0 Å². The molecule has 0 bridgehead atoms. The second-order valence-corrected chi connectivity index (χ2v) is 11.5. The quantitative estimate of drug-likeness (QED) is 0.189. The van der Waals surface area contributed by atoms with E-state index in [0.717, 1.165) is 11.1 Å². The maximum Gasteiger partial charge on any atom is 0.302 e. The first-order chi connectivity index (χ1) is 22.7. The zero-order valence-electron chi connectivity index (χ0n) is 26.5. The maximum absolute atomic E-state index is 15.5. The average molecular weight is 636 g/mol. The fourth-order valence-corrected chi connectivity index (χ4v) is 5.69. The number of halogens is 1. The molecule has 10 nitrogen and oxygen atoms in total. The molecule has 2 N–H and O–H groups in total. The average Bonchev–Trinajstić information content (AvgIpc) is 3.42. The number of esters is 1. The van der Waals surface area contributed by atoms with Gasteiger partial charge < -0.3 is 24.7 Å². The van der Waals surface area contributed by atoms with Crippen molar-refractivity contribution >= 4 is 34.6 Å². The van der Waals surface area contributed by atoms with E-state index in [-0.39, 0.29) is 42.9 Å². The minimum Gasteiger partial charge on any atom is -0.491 e. The van der Waals surface area contributed by atoms with E-state index < -0.39 is 17.7 Å². The molecule has 0 saturated heterocycles. The number of anilines is 1. The lowest BCUT2D eigenvalue weighted by Gasteiger charge is -2.25. The van der Waals surface area contributed by atoms with Gasteiger partial charge in [0.05, 0.1) is 17.7 Å². The third-order valence-electron chi connectivity index (χ3n) is 8.08. The lowest BCUT2D eigenvalue weighted by Crippen LogP contribution is -2.33. The topological polar surface area (TPSA) is 127 Å². The molecule has 47 heavy (non-hydrogen) atoms. The minimum absolute atomic E-state index is 0.0479. The summed E-state index contributed by atoms with van der Waals surface area (Å²) >= 11 is 0. The summed E-state index contributed by atoms with van der Waals surface area (Å²) in [5.74, 6) is -1.05. The molecule has 0 radical (unpaired) electrons. The van der Waals surface area contributed by atoms with E-state index in [4.69, 9.17) is 14.5 Å². The largest absolute Gasteiger partial charge is 0.491 e. The first-order valence-corrected chi connectivity index (χ1v) is 15.4. The van der Waals surface area contributed by atoms with Crippen LogP contribution < -0.4 is 15.0 Å². The predicted molar refractivity (Wildman–Crippen MR) is 176 cm³/mol. The van der Waals surface area contributed by atoms with Crippen molar-refractivity contribution in [2.45, 2.75) is 40.2 Å². The molecule has 2 amide bonds. The van der Waals surface area contributed by atoms with Crippen LogP contribution in [0.25, 0.3) is 33.7 Å². The number of carbonyl (C=O) groups is 3. The van der Waals surface area contributed by atoms with Crippen molar-refractivity contribution in [3.63, 3.8) is 0 Å². The summed E-state index contributed by atoms with van der Waals surface area (Å²) in [6.07, 6.45) is 1.63. The van der Waals surface area contributed by atoms with E-state index in [9.17, 15) is 14.4 Å². The van der Waals surface area contributed by atoms with E-state index in [1.807, 2.05) is 45.0 Å². The van der Waals surface area contributed by atoms with Gasteiger partial charge in [0.1, 0.15) is 36.2 Å². The number of nitrogens with zero attached hydrogens (tertiary/aromatic N) is 3. The van der Waals surface area contributed by atoms with Gasteiger partial charge in [0.2, 0.25) is 0 Å². The molecule has 0 aliphatic carbocycles. The van der Waals surface area contributed by atoms with Crippen molar-refractivity contribution in [3.05, 3.63) is 94.9 Å². The van der Waals surface area contributed by atoms with Crippen LogP contribution in [0.3, 0.4) is 0 Å². The molecule has 0 fully saturated rings. The van der Waals surface area contributed by atoms with Crippen LogP contribution in [0, 0.1) is 5.82 Å². The number of amides is 2. The summed E-state index contributed by atoms with van der Waals surface area (Å²) in [5, 5.41) is 2.79. The number of H-pyrrole nitrogens is 1. The molecule has 0 unspecified atom stereocenters. The zero-order valence-corrected chi connectivity index (χ0v) is 26.5. The lowest BCUT2D eigenvalue weighted by molar-refractivity contribution is -0.142. The lowest BCUT2D eigenvalue weighted by atomic mass is 9.97. The highest BCUT2D eigenvalue weighted by Gasteiger charge is 2.31. The number of benzene rings is 3. The van der Waals surface area contributed by atoms with Crippen molar-refractivity contribution in [1.82, 2.24) is 20.3 Å². The molecule has 6 rings (SSSR count). The second-order valence-electron chi connectivity index (χ2n) is 11.5. The Balaban J connectivity index is 1.44. The van der Waals surface area contributed by atoms with E-state index in [1.54, 1.807) is 36.5 Å². The van der Waals surface area contributed by atoms with Crippen LogP contribution in [0.1, 0.15) is 65.5 Å². The normalized spacial score (nSPS) is 12.9. The SMILES string of the molecule is CCNC(=O)c1ccc(-c2nc3nccc(-c4cccc(N5CCOc6cc(C(C)C)cc(F)c6C5=O)c4COC(C)=O)c3[nH]2)cc1. The molecule has 5 aromatic rings. The summed E-state index contributed by atoms with van der Waals surface area (Å²) in [7, 11) is 0. The highest BCUT2D eigenvalue weighted by Crippen LogP contribution is 2.38. The smallest absolute Gasteiger partial charge is 0.302 e. The van der Waals surface area contributed by atoms with Crippen molar-refractivity contribution in [3.8, 4) is 28.3 Å². The van der Waals surface area contributed by atoms with Gasteiger partial charge in [-0.3, -0.25) is 14.4 Å². The Morgan fingerprint density at radius 2 is 1.89 bits per heavy atom. The molecule has 1 aliphatic rings. The Kier molecular flexibility index (Phi) is 8.71. The Bertz CT molecular complexity index is 2000. The molecular weight excluding hydrogens is 601 g/mol. The number of hydrogen-bond acceptors (Lipinski definition) is 7. The standard InChI is InChI=1S/C36H34FN5O5/c1-5-38-35(44)23-11-9-22(10-12-23)33-40-32-26(13-14-39-34(32)41-33)25-7-6-8-29(27(25)19-47-21(4)43)42-15-16-46-30-18-24(20(2)3)17-28(37)31(30)36(42)45/h6-14,17-18,20H,5,15-16,19H2,1-4H3,(H,38,44)(H,39,40,41). The number of aromatic nitrogens is 3. The third-order valence-corrected chi connectivity index (χ3v) is 8.08.